The summed E-state index contributed by atoms with van der Waals surface area (Å²) >= 11 is 0. The molecule has 1 aromatic carbocycles. The molecule has 1 fully saturated rings. The minimum atomic E-state index is -0.706. The highest BCUT2D eigenvalue weighted by Crippen LogP contribution is 2.38. The molecule has 4 heteroatoms. The van der Waals surface area contributed by atoms with Crippen LogP contribution in [0.3, 0.4) is 0 Å². The molecule has 1 aliphatic heterocycles. The molecule has 2 unspecified atom stereocenters. The van der Waals surface area contributed by atoms with E-state index in [2.05, 4.69) is 4.90 Å². The van der Waals surface area contributed by atoms with Gasteiger partial charge in [0, 0.05) is 12.6 Å². The Bertz CT molecular complexity index is 503. The topological polar surface area (TPSA) is 40.5 Å². The van der Waals surface area contributed by atoms with Gasteiger partial charge in [-0.3, -0.25) is 9.69 Å². The summed E-state index contributed by atoms with van der Waals surface area (Å²) in [5, 5.41) is 9.15. The van der Waals surface area contributed by atoms with Gasteiger partial charge in [-0.2, -0.15) is 0 Å². The van der Waals surface area contributed by atoms with Crippen LogP contribution in [0.1, 0.15) is 36.4 Å². The normalized spacial score (nSPS) is 27.2. The molecule has 0 amide bonds. The SMILES string of the molecule is O=C(O)C1CCCN(C2CCc3c(F)cccc32)C1. The van der Waals surface area contributed by atoms with Crippen molar-refractivity contribution in [3.63, 3.8) is 0 Å². The summed E-state index contributed by atoms with van der Waals surface area (Å²) in [6.45, 7) is 1.51. The number of benzene rings is 1. The molecule has 1 N–H and O–H groups in total. The van der Waals surface area contributed by atoms with Crippen molar-refractivity contribution in [3.8, 4) is 0 Å². The van der Waals surface area contributed by atoms with E-state index >= 15 is 0 Å². The number of aliphatic carboxylic acids is 1. The maximum absolute atomic E-state index is 13.7. The number of likely N-dealkylation sites (tertiary alicyclic amines) is 1. The van der Waals surface area contributed by atoms with Gasteiger partial charge in [-0.15, -0.1) is 0 Å². The van der Waals surface area contributed by atoms with Gasteiger partial charge in [0.25, 0.3) is 0 Å². The van der Waals surface area contributed by atoms with Crippen molar-refractivity contribution < 1.29 is 14.3 Å². The summed E-state index contributed by atoms with van der Waals surface area (Å²) in [7, 11) is 0. The zero-order valence-electron chi connectivity index (χ0n) is 10.8. The monoisotopic (exact) mass is 263 g/mol. The molecular formula is C15H18FNO2. The van der Waals surface area contributed by atoms with Gasteiger partial charge in [-0.05, 0) is 49.4 Å². The Morgan fingerprint density at radius 3 is 3.00 bits per heavy atom. The van der Waals surface area contributed by atoms with Crippen LogP contribution in [0.5, 0.6) is 0 Å². The lowest BCUT2D eigenvalue weighted by Gasteiger charge is -2.35. The van der Waals surface area contributed by atoms with Crippen LogP contribution in [0.4, 0.5) is 4.39 Å². The van der Waals surface area contributed by atoms with Crippen LogP contribution >= 0.6 is 0 Å². The second-order valence-corrected chi connectivity index (χ2v) is 5.53. The lowest BCUT2D eigenvalue weighted by atomic mass is 9.95. The van der Waals surface area contributed by atoms with Crippen molar-refractivity contribution in [3.05, 3.63) is 35.1 Å². The van der Waals surface area contributed by atoms with Crippen molar-refractivity contribution in [1.29, 1.82) is 0 Å². The molecule has 19 heavy (non-hydrogen) atoms. The highest BCUT2D eigenvalue weighted by Gasteiger charge is 2.34. The Kier molecular flexibility index (Phi) is 3.27. The number of rotatable bonds is 2. The van der Waals surface area contributed by atoms with Crippen LogP contribution in [0.25, 0.3) is 0 Å². The molecule has 2 aliphatic rings. The predicted octanol–water partition coefficient (Wildman–Crippen LogP) is 2.61. The number of carbonyl (C=O) groups is 1. The van der Waals surface area contributed by atoms with E-state index in [-0.39, 0.29) is 17.8 Å². The van der Waals surface area contributed by atoms with E-state index in [4.69, 9.17) is 5.11 Å². The van der Waals surface area contributed by atoms with E-state index in [9.17, 15) is 9.18 Å². The molecule has 3 rings (SSSR count). The summed E-state index contributed by atoms with van der Waals surface area (Å²) in [6.07, 6.45) is 3.34. The van der Waals surface area contributed by atoms with Crippen molar-refractivity contribution in [2.75, 3.05) is 13.1 Å². The number of fused-ring (bicyclic) bond motifs is 1. The predicted molar refractivity (Wildman–Crippen MR) is 69.4 cm³/mol. The van der Waals surface area contributed by atoms with Crippen LogP contribution in [-0.2, 0) is 11.2 Å². The van der Waals surface area contributed by atoms with Crippen molar-refractivity contribution >= 4 is 5.97 Å². The van der Waals surface area contributed by atoms with E-state index < -0.39 is 5.97 Å². The number of carboxylic acid groups (broad SMARTS) is 1. The summed E-state index contributed by atoms with van der Waals surface area (Å²) in [5.74, 6) is -1.10. The summed E-state index contributed by atoms with van der Waals surface area (Å²) in [6, 6.07) is 5.45. The van der Waals surface area contributed by atoms with Gasteiger partial charge in [0.05, 0.1) is 5.92 Å². The van der Waals surface area contributed by atoms with Crippen molar-refractivity contribution in [2.24, 2.45) is 5.92 Å². The van der Waals surface area contributed by atoms with Crippen molar-refractivity contribution in [2.45, 2.75) is 31.7 Å². The van der Waals surface area contributed by atoms with Gasteiger partial charge < -0.3 is 5.11 Å². The van der Waals surface area contributed by atoms with E-state index in [1.807, 2.05) is 6.07 Å². The molecule has 1 aliphatic carbocycles. The number of piperidine rings is 1. The molecule has 0 bridgehead atoms. The maximum Gasteiger partial charge on any atom is 0.307 e. The first-order valence-corrected chi connectivity index (χ1v) is 6.91. The average molecular weight is 263 g/mol. The summed E-state index contributed by atoms with van der Waals surface area (Å²) < 4.78 is 13.7. The highest BCUT2D eigenvalue weighted by molar-refractivity contribution is 5.70. The fourth-order valence-corrected chi connectivity index (χ4v) is 3.46. The Morgan fingerprint density at radius 2 is 2.21 bits per heavy atom. The Balaban J connectivity index is 1.82. The standard InChI is InChI=1S/C15H18FNO2/c16-13-5-1-4-12-11(13)6-7-14(12)17-8-2-3-10(9-17)15(18)19/h1,4-5,10,14H,2-3,6-9H2,(H,18,19). The zero-order valence-corrected chi connectivity index (χ0v) is 10.8. The molecule has 102 valence electrons. The fraction of sp³-hybridized carbons (Fsp3) is 0.533. The van der Waals surface area contributed by atoms with E-state index in [1.54, 1.807) is 6.07 Å². The molecule has 1 heterocycles. The van der Waals surface area contributed by atoms with Crippen LogP contribution in [-0.4, -0.2) is 29.1 Å². The lowest BCUT2D eigenvalue weighted by molar-refractivity contribution is -0.144. The van der Waals surface area contributed by atoms with Gasteiger partial charge in [0.15, 0.2) is 0 Å². The van der Waals surface area contributed by atoms with Gasteiger partial charge in [-0.25, -0.2) is 4.39 Å². The number of hydrogen-bond acceptors (Lipinski definition) is 2. The smallest absolute Gasteiger partial charge is 0.307 e. The molecule has 1 aromatic rings. The number of halogens is 1. The second-order valence-electron chi connectivity index (χ2n) is 5.53. The van der Waals surface area contributed by atoms with Crippen LogP contribution in [0.2, 0.25) is 0 Å². The third kappa shape index (κ3) is 2.25. The number of carboxylic acids is 1. The molecule has 0 saturated carbocycles. The third-order valence-electron chi connectivity index (χ3n) is 4.42. The molecule has 0 radical (unpaired) electrons. The molecule has 2 atom stereocenters. The molecular weight excluding hydrogens is 245 g/mol. The molecule has 0 spiro atoms. The maximum atomic E-state index is 13.7. The minimum absolute atomic E-state index is 0.119. The number of hydrogen-bond donors (Lipinski definition) is 1. The van der Waals surface area contributed by atoms with E-state index in [0.717, 1.165) is 43.4 Å². The zero-order chi connectivity index (χ0) is 13.4. The number of nitrogens with zero attached hydrogens (tertiary/aromatic N) is 1. The first kappa shape index (κ1) is 12.6. The van der Waals surface area contributed by atoms with E-state index in [0.29, 0.717) is 6.54 Å². The first-order valence-electron chi connectivity index (χ1n) is 6.91. The lowest BCUT2D eigenvalue weighted by Crippen LogP contribution is -2.40. The van der Waals surface area contributed by atoms with Crippen LogP contribution < -0.4 is 0 Å². The molecule has 3 nitrogen and oxygen atoms in total. The molecule has 1 saturated heterocycles. The fourth-order valence-electron chi connectivity index (χ4n) is 3.46. The summed E-state index contributed by atoms with van der Waals surface area (Å²) in [5.41, 5.74) is 1.89. The van der Waals surface area contributed by atoms with Gasteiger partial charge in [0.2, 0.25) is 0 Å². The van der Waals surface area contributed by atoms with Gasteiger partial charge >= 0.3 is 5.97 Å². The van der Waals surface area contributed by atoms with Gasteiger partial charge in [-0.1, -0.05) is 12.1 Å². The largest absolute Gasteiger partial charge is 0.481 e. The Labute approximate surface area is 112 Å². The van der Waals surface area contributed by atoms with Crippen LogP contribution in [0.15, 0.2) is 18.2 Å². The van der Waals surface area contributed by atoms with Crippen LogP contribution in [0, 0.1) is 11.7 Å². The minimum Gasteiger partial charge on any atom is -0.481 e. The third-order valence-corrected chi connectivity index (χ3v) is 4.42. The van der Waals surface area contributed by atoms with E-state index in [1.165, 1.54) is 6.07 Å². The van der Waals surface area contributed by atoms with Crippen molar-refractivity contribution in [1.82, 2.24) is 4.90 Å². The second kappa shape index (κ2) is 4.93. The quantitative estimate of drug-likeness (QED) is 0.891. The molecule has 0 aromatic heterocycles. The first-order chi connectivity index (χ1) is 9.16. The average Bonchev–Trinajstić information content (AvgIpc) is 2.84. The highest BCUT2D eigenvalue weighted by atomic mass is 19.1. The Morgan fingerprint density at radius 1 is 1.37 bits per heavy atom. The summed E-state index contributed by atoms with van der Waals surface area (Å²) in [4.78, 5) is 13.4. The Hall–Kier alpha value is -1.42. The van der Waals surface area contributed by atoms with Gasteiger partial charge in [0.1, 0.15) is 5.82 Å².